The maximum Gasteiger partial charge on any atom is 2.00 e. The van der Waals surface area contributed by atoms with E-state index in [0.29, 0.717) is 0 Å². The number of hydrogen-bond donors (Lipinski definition) is 0. The van der Waals surface area contributed by atoms with Gasteiger partial charge in [-0.3, -0.25) is 0 Å². The Balaban J connectivity index is 0.000000160. The molecule has 4 aromatic rings. The molecule has 0 fully saturated rings. The number of rotatable bonds is 4. The molecule has 2 aliphatic rings. The summed E-state index contributed by atoms with van der Waals surface area (Å²) in [6.07, 6.45) is 10.4. The Morgan fingerprint density at radius 3 is 1.26 bits per heavy atom. The number of benzene rings is 2. The summed E-state index contributed by atoms with van der Waals surface area (Å²) < 4.78 is 10.4. The van der Waals surface area contributed by atoms with Gasteiger partial charge in [-0.1, -0.05) is 73.9 Å². The molecule has 2 nitrogen and oxygen atoms in total. The Kier molecular flexibility index (Phi) is 8.85. The second-order valence-electron chi connectivity index (χ2n) is 9.46. The average molecular weight is 542 g/mol. The van der Waals surface area contributed by atoms with Crippen molar-refractivity contribution in [3.63, 3.8) is 0 Å². The fourth-order valence-corrected chi connectivity index (χ4v) is 5.30. The van der Waals surface area contributed by atoms with E-state index in [0.717, 1.165) is 11.5 Å². The zero-order chi connectivity index (χ0) is 23.3. The van der Waals surface area contributed by atoms with Crippen molar-refractivity contribution in [2.24, 2.45) is 0 Å². The predicted molar refractivity (Wildman–Crippen MR) is 141 cm³/mol. The minimum absolute atomic E-state index is 0. The molecular weight excluding hydrogens is 508 g/mol. The molecule has 0 atom stereocenters. The van der Waals surface area contributed by atoms with E-state index in [1.165, 1.54) is 73.6 Å². The van der Waals surface area contributed by atoms with Gasteiger partial charge in [-0.15, -0.1) is 34.4 Å². The molecule has 0 spiro atoms. The van der Waals surface area contributed by atoms with Crippen LogP contribution in [0, 0.1) is 0 Å². The summed E-state index contributed by atoms with van der Waals surface area (Å²) in [7, 11) is 3.41. The van der Waals surface area contributed by atoms with Gasteiger partial charge in [-0.25, -0.2) is 0 Å². The van der Waals surface area contributed by atoms with Crippen molar-refractivity contribution in [1.29, 1.82) is 0 Å². The van der Waals surface area contributed by atoms with Crippen LogP contribution in [0.5, 0.6) is 11.5 Å². The molecule has 6 rings (SSSR count). The van der Waals surface area contributed by atoms with Gasteiger partial charge in [-0.2, -0.15) is 23.3 Å². The first-order valence-electron chi connectivity index (χ1n) is 12.6. The maximum absolute atomic E-state index is 5.19. The van der Waals surface area contributed by atoms with E-state index in [9.17, 15) is 0 Å². The fraction of sp³-hybridized carbons (Fsp3) is 0.312. The first-order chi connectivity index (χ1) is 16.7. The van der Waals surface area contributed by atoms with E-state index in [1.807, 2.05) is 24.3 Å². The molecule has 0 N–H and O–H groups in total. The molecule has 0 aliphatic heterocycles. The second kappa shape index (κ2) is 12.0. The third-order valence-electron chi connectivity index (χ3n) is 7.28. The molecule has 0 saturated heterocycles. The predicted octanol–water partition coefficient (Wildman–Crippen LogP) is 7.92. The second-order valence-corrected chi connectivity index (χ2v) is 9.46. The van der Waals surface area contributed by atoms with E-state index >= 15 is 0 Å². The molecule has 0 radical (unpaired) electrons. The minimum Gasteiger partial charge on any atom is -0.497 e. The summed E-state index contributed by atoms with van der Waals surface area (Å²) in [5.41, 5.74) is 11.5. The first kappa shape index (κ1) is 25.7. The van der Waals surface area contributed by atoms with E-state index in [1.54, 1.807) is 36.5 Å². The normalized spacial score (nSPS) is 14.0. The Morgan fingerprint density at radius 1 is 0.543 bits per heavy atom. The molecule has 3 heteroatoms. The van der Waals surface area contributed by atoms with Gasteiger partial charge in [0.2, 0.25) is 0 Å². The molecule has 0 unspecified atom stereocenters. The first-order valence-corrected chi connectivity index (χ1v) is 12.6. The molecule has 0 amide bonds. The van der Waals surface area contributed by atoms with E-state index in [2.05, 4.69) is 48.5 Å². The average Bonchev–Trinajstić information content (AvgIpc) is 3.54. The standard InChI is InChI=1S/2C16H17O.Zr/c2*1-17-16-8-6-12(7-9-16)15-10-13-4-2-3-5-14(13)11-15;/h2*6-11H,2-5H2,1H3;/q2*-1;+2. The zero-order valence-corrected chi connectivity index (χ0v) is 23.4. The summed E-state index contributed by atoms with van der Waals surface area (Å²) in [6.45, 7) is 0. The van der Waals surface area contributed by atoms with Crippen molar-refractivity contribution >= 4 is 0 Å². The van der Waals surface area contributed by atoms with Crippen molar-refractivity contribution in [3.05, 3.63) is 95.1 Å². The minimum atomic E-state index is 0. The molecule has 0 bridgehead atoms. The summed E-state index contributed by atoms with van der Waals surface area (Å²) in [6, 6.07) is 26.1. The molecule has 0 heterocycles. The Hall–Kier alpha value is -2.38. The van der Waals surface area contributed by atoms with Gasteiger partial charge in [-0.05, 0) is 37.1 Å². The zero-order valence-electron chi connectivity index (χ0n) is 20.9. The van der Waals surface area contributed by atoms with Gasteiger partial charge >= 0.3 is 26.2 Å². The van der Waals surface area contributed by atoms with E-state index < -0.39 is 0 Å². The smallest absolute Gasteiger partial charge is 0.497 e. The fourth-order valence-electron chi connectivity index (χ4n) is 5.30. The van der Waals surface area contributed by atoms with Crippen LogP contribution in [0.25, 0.3) is 22.3 Å². The van der Waals surface area contributed by atoms with Crippen molar-refractivity contribution in [2.75, 3.05) is 14.2 Å². The van der Waals surface area contributed by atoms with Crippen LogP contribution in [0.15, 0.2) is 72.8 Å². The third kappa shape index (κ3) is 6.07. The van der Waals surface area contributed by atoms with Gasteiger partial charge in [0, 0.05) is 0 Å². The van der Waals surface area contributed by atoms with Crippen LogP contribution in [0.4, 0.5) is 0 Å². The molecule has 178 valence electrons. The van der Waals surface area contributed by atoms with Crippen LogP contribution in [-0.4, -0.2) is 14.2 Å². The van der Waals surface area contributed by atoms with Crippen LogP contribution < -0.4 is 9.47 Å². The van der Waals surface area contributed by atoms with Crippen molar-refractivity contribution in [2.45, 2.75) is 51.4 Å². The number of fused-ring (bicyclic) bond motifs is 2. The Morgan fingerprint density at radius 2 is 0.914 bits per heavy atom. The van der Waals surface area contributed by atoms with E-state index in [-0.39, 0.29) is 26.2 Å². The van der Waals surface area contributed by atoms with Gasteiger partial charge in [0.05, 0.1) is 14.2 Å². The van der Waals surface area contributed by atoms with Crippen LogP contribution in [0.3, 0.4) is 0 Å². The maximum atomic E-state index is 5.19. The van der Waals surface area contributed by atoms with Crippen molar-refractivity contribution in [3.8, 4) is 33.8 Å². The topological polar surface area (TPSA) is 18.5 Å². The summed E-state index contributed by atoms with van der Waals surface area (Å²) >= 11 is 0. The van der Waals surface area contributed by atoms with Crippen LogP contribution in [-0.2, 0) is 51.9 Å². The number of ether oxygens (including phenoxy) is 2. The van der Waals surface area contributed by atoms with E-state index in [4.69, 9.17) is 9.47 Å². The van der Waals surface area contributed by atoms with Gasteiger partial charge < -0.3 is 9.47 Å². The summed E-state index contributed by atoms with van der Waals surface area (Å²) in [4.78, 5) is 0. The molecule has 35 heavy (non-hydrogen) atoms. The quantitative estimate of drug-likeness (QED) is 0.244. The van der Waals surface area contributed by atoms with Gasteiger partial charge in [0.25, 0.3) is 0 Å². The number of aryl methyl sites for hydroxylation is 4. The van der Waals surface area contributed by atoms with Crippen LogP contribution >= 0.6 is 0 Å². The largest absolute Gasteiger partial charge is 2.00 e. The molecule has 0 aromatic heterocycles. The molecule has 2 aliphatic carbocycles. The molecular formula is C32H34O2Zr. The Bertz CT molecular complexity index is 1070. The SMILES string of the molecule is COc1ccc(-c2cc3c([cH-]2)CCCC3)cc1.COc1ccc(-c2cc3c([cH-]2)CCCC3)cc1.[Zr+2]. The number of hydrogen-bond acceptors (Lipinski definition) is 2. The van der Waals surface area contributed by atoms with Crippen molar-refractivity contribution in [1.82, 2.24) is 0 Å². The van der Waals surface area contributed by atoms with Crippen LogP contribution in [0.1, 0.15) is 47.9 Å². The summed E-state index contributed by atoms with van der Waals surface area (Å²) in [5, 5.41) is 0. The van der Waals surface area contributed by atoms with Crippen molar-refractivity contribution < 1.29 is 35.7 Å². The van der Waals surface area contributed by atoms with Gasteiger partial charge in [0.15, 0.2) is 0 Å². The van der Waals surface area contributed by atoms with Crippen LogP contribution in [0.2, 0.25) is 0 Å². The molecule has 0 saturated carbocycles. The summed E-state index contributed by atoms with van der Waals surface area (Å²) in [5.74, 6) is 1.84. The monoisotopic (exact) mass is 540 g/mol. The number of methoxy groups -OCH3 is 2. The molecule has 4 aromatic carbocycles. The Labute approximate surface area is 229 Å². The van der Waals surface area contributed by atoms with Gasteiger partial charge in [0.1, 0.15) is 11.5 Å². The third-order valence-corrected chi connectivity index (χ3v) is 7.28.